The second kappa shape index (κ2) is 5.31. The second-order valence-electron chi connectivity index (χ2n) is 3.92. The first-order valence-electron chi connectivity index (χ1n) is 5.46. The van der Waals surface area contributed by atoms with Crippen molar-refractivity contribution in [3.8, 4) is 0 Å². The summed E-state index contributed by atoms with van der Waals surface area (Å²) in [5.41, 5.74) is 0.485. The van der Waals surface area contributed by atoms with E-state index in [4.69, 9.17) is 4.42 Å². The minimum absolute atomic E-state index is 0.206. The van der Waals surface area contributed by atoms with Crippen molar-refractivity contribution in [1.29, 1.82) is 0 Å². The Labute approximate surface area is 105 Å². The molecule has 1 amide bonds. The molecule has 0 radical (unpaired) electrons. The molecule has 0 aromatic carbocycles. The molecule has 0 aliphatic carbocycles. The molecule has 18 heavy (non-hydrogen) atoms. The molecule has 0 saturated heterocycles. The molecule has 0 aliphatic heterocycles. The number of rotatable bonds is 4. The van der Waals surface area contributed by atoms with E-state index in [1.165, 1.54) is 12.5 Å². The maximum absolute atomic E-state index is 11.7. The van der Waals surface area contributed by atoms with E-state index in [9.17, 15) is 4.79 Å². The van der Waals surface area contributed by atoms with Gasteiger partial charge in [-0.15, -0.1) is 0 Å². The fourth-order valence-corrected chi connectivity index (χ4v) is 1.38. The molecular weight excluding hydrogens is 232 g/mol. The number of furan rings is 1. The second-order valence-corrected chi connectivity index (χ2v) is 3.92. The summed E-state index contributed by atoms with van der Waals surface area (Å²) in [6.07, 6.45) is 4.52. The van der Waals surface area contributed by atoms with Crippen LogP contribution in [0.5, 0.6) is 0 Å². The van der Waals surface area contributed by atoms with Crippen molar-refractivity contribution < 1.29 is 9.21 Å². The zero-order valence-corrected chi connectivity index (χ0v) is 10.3. The summed E-state index contributed by atoms with van der Waals surface area (Å²) in [5, 5.41) is 2.73. The van der Waals surface area contributed by atoms with Crippen molar-refractivity contribution in [2.75, 3.05) is 19.0 Å². The van der Waals surface area contributed by atoms with Crippen LogP contribution in [0.1, 0.15) is 16.2 Å². The zero-order chi connectivity index (χ0) is 13.0. The molecule has 2 rings (SSSR count). The highest BCUT2D eigenvalue weighted by Gasteiger charge is 2.07. The Morgan fingerprint density at radius 3 is 2.94 bits per heavy atom. The van der Waals surface area contributed by atoms with Gasteiger partial charge in [0, 0.05) is 20.3 Å². The van der Waals surface area contributed by atoms with Gasteiger partial charge in [0.2, 0.25) is 0 Å². The summed E-state index contributed by atoms with van der Waals surface area (Å²) < 4.78 is 4.84. The van der Waals surface area contributed by atoms with Crippen LogP contribution in [0.4, 0.5) is 5.82 Å². The van der Waals surface area contributed by atoms with Crippen molar-refractivity contribution in [3.63, 3.8) is 0 Å². The number of carbonyl (C=O) groups excluding carboxylic acids is 1. The summed E-state index contributed by atoms with van der Waals surface area (Å²) >= 11 is 0. The summed E-state index contributed by atoms with van der Waals surface area (Å²) in [4.78, 5) is 21.9. The quantitative estimate of drug-likeness (QED) is 0.873. The molecule has 6 heteroatoms. The summed E-state index contributed by atoms with van der Waals surface area (Å²) in [7, 11) is 3.80. The SMILES string of the molecule is CN(C)c1ccnc(CNC(=O)c2ccoc2)n1. The van der Waals surface area contributed by atoms with E-state index in [1.807, 2.05) is 19.0 Å². The third-order valence-electron chi connectivity index (χ3n) is 2.34. The van der Waals surface area contributed by atoms with Crippen LogP contribution in [0, 0.1) is 0 Å². The van der Waals surface area contributed by atoms with Crippen molar-refractivity contribution in [2.24, 2.45) is 0 Å². The van der Waals surface area contributed by atoms with Gasteiger partial charge >= 0.3 is 0 Å². The molecule has 0 saturated carbocycles. The average molecular weight is 246 g/mol. The van der Waals surface area contributed by atoms with Gasteiger partial charge in [-0.2, -0.15) is 0 Å². The van der Waals surface area contributed by atoms with Gasteiger partial charge in [-0.1, -0.05) is 0 Å². The van der Waals surface area contributed by atoms with Crippen molar-refractivity contribution >= 4 is 11.7 Å². The molecule has 0 atom stereocenters. The Morgan fingerprint density at radius 2 is 2.28 bits per heavy atom. The normalized spacial score (nSPS) is 10.1. The van der Waals surface area contributed by atoms with E-state index in [0.717, 1.165) is 5.82 Å². The van der Waals surface area contributed by atoms with Gasteiger partial charge in [0.05, 0.1) is 18.4 Å². The first kappa shape index (κ1) is 12.1. The van der Waals surface area contributed by atoms with Crippen LogP contribution in [0.3, 0.4) is 0 Å². The van der Waals surface area contributed by atoms with Gasteiger partial charge < -0.3 is 14.6 Å². The minimum Gasteiger partial charge on any atom is -0.472 e. The van der Waals surface area contributed by atoms with Crippen LogP contribution < -0.4 is 10.2 Å². The van der Waals surface area contributed by atoms with Crippen molar-refractivity contribution in [2.45, 2.75) is 6.54 Å². The van der Waals surface area contributed by atoms with Crippen LogP contribution in [0.2, 0.25) is 0 Å². The molecule has 0 aliphatic rings. The predicted molar refractivity (Wildman–Crippen MR) is 66.2 cm³/mol. The number of nitrogens with zero attached hydrogens (tertiary/aromatic N) is 3. The van der Waals surface area contributed by atoms with Gasteiger partial charge in [0.25, 0.3) is 5.91 Å². The van der Waals surface area contributed by atoms with Crippen LogP contribution in [0.15, 0.2) is 35.3 Å². The number of amides is 1. The fourth-order valence-electron chi connectivity index (χ4n) is 1.38. The molecule has 2 aromatic rings. The van der Waals surface area contributed by atoms with E-state index in [-0.39, 0.29) is 12.5 Å². The largest absolute Gasteiger partial charge is 0.472 e. The molecule has 0 bridgehead atoms. The molecule has 2 aromatic heterocycles. The monoisotopic (exact) mass is 246 g/mol. The lowest BCUT2D eigenvalue weighted by atomic mass is 10.3. The van der Waals surface area contributed by atoms with Crippen LogP contribution in [-0.2, 0) is 6.54 Å². The lowest BCUT2D eigenvalue weighted by Crippen LogP contribution is -2.24. The smallest absolute Gasteiger partial charge is 0.254 e. The maximum Gasteiger partial charge on any atom is 0.254 e. The molecule has 0 fully saturated rings. The Morgan fingerprint density at radius 1 is 1.44 bits per heavy atom. The first-order valence-corrected chi connectivity index (χ1v) is 5.46. The third kappa shape index (κ3) is 2.85. The van der Waals surface area contributed by atoms with Gasteiger partial charge in [-0.05, 0) is 12.1 Å². The van der Waals surface area contributed by atoms with E-state index in [1.54, 1.807) is 18.3 Å². The Balaban J connectivity index is 1.98. The summed E-state index contributed by atoms with van der Waals surface area (Å²) in [6, 6.07) is 3.41. The van der Waals surface area contributed by atoms with Gasteiger partial charge in [-0.3, -0.25) is 4.79 Å². The van der Waals surface area contributed by atoms with Crippen molar-refractivity contribution in [1.82, 2.24) is 15.3 Å². The molecule has 2 heterocycles. The first-order chi connectivity index (χ1) is 8.66. The molecule has 6 nitrogen and oxygen atoms in total. The number of carbonyl (C=O) groups is 1. The highest BCUT2D eigenvalue weighted by atomic mass is 16.3. The van der Waals surface area contributed by atoms with Crippen molar-refractivity contribution in [3.05, 3.63) is 42.2 Å². The predicted octanol–water partition coefficient (Wildman–Crippen LogP) is 1.07. The highest BCUT2D eigenvalue weighted by Crippen LogP contribution is 2.05. The van der Waals surface area contributed by atoms with E-state index >= 15 is 0 Å². The molecule has 94 valence electrons. The Kier molecular flexibility index (Phi) is 3.57. The highest BCUT2D eigenvalue weighted by molar-refractivity contribution is 5.93. The molecule has 0 spiro atoms. The number of aromatic nitrogens is 2. The zero-order valence-electron chi connectivity index (χ0n) is 10.3. The third-order valence-corrected chi connectivity index (χ3v) is 2.34. The van der Waals surface area contributed by atoms with E-state index < -0.39 is 0 Å². The lowest BCUT2D eigenvalue weighted by Gasteiger charge is -2.11. The average Bonchev–Trinajstić information content (AvgIpc) is 2.90. The Hall–Kier alpha value is -2.37. The standard InChI is InChI=1S/C12H14N4O2/c1-16(2)11-3-5-13-10(15-11)7-14-12(17)9-4-6-18-8-9/h3-6,8H,7H2,1-2H3,(H,14,17). The van der Waals surface area contributed by atoms with Crippen LogP contribution >= 0.6 is 0 Å². The number of hydrogen-bond donors (Lipinski definition) is 1. The molecule has 1 N–H and O–H groups in total. The van der Waals surface area contributed by atoms with Crippen LogP contribution in [-0.4, -0.2) is 30.0 Å². The summed E-state index contributed by atoms with van der Waals surface area (Å²) in [5.74, 6) is 1.17. The number of anilines is 1. The summed E-state index contributed by atoms with van der Waals surface area (Å²) in [6.45, 7) is 0.283. The Bertz CT molecular complexity index is 523. The van der Waals surface area contributed by atoms with E-state index in [0.29, 0.717) is 11.4 Å². The van der Waals surface area contributed by atoms with E-state index in [2.05, 4.69) is 15.3 Å². The van der Waals surface area contributed by atoms with Gasteiger partial charge in [-0.25, -0.2) is 9.97 Å². The topological polar surface area (TPSA) is 71.3 Å². The molecule has 0 unspecified atom stereocenters. The molecular formula is C12H14N4O2. The maximum atomic E-state index is 11.7. The van der Waals surface area contributed by atoms with Crippen LogP contribution in [0.25, 0.3) is 0 Å². The number of nitrogens with one attached hydrogen (secondary N) is 1. The minimum atomic E-state index is -0.206. The fraction of sp³-hybridized carbons (Fsp3) is 0.250. The van der Waals surface area contributed by atoms with Gasteiger partial charge in [0.15, 0.2) is 0 Å². The van der Waals surface area contributed by atoms with Gasteiger partial charge in [0.1, 0.15) is 17.9 Å². The number of hydrogen-bond acceptors (Lipinski definition) is 5. The lowest BCUT2D eigenvalue weighted by molar-refractivity contribution is 0.0949.